The van der Waals surface area contributed by atoms with Crippen LogP contribution in [0.3, 0.4) is 0 Å². The monoisotopic (exact) mass is 269 g/mol. The van der Waals surface area contributed by atoms with Crippen LogP contribution in [0, 0.1) is 0 Å². The standard InChI is InChI=1S/C14H20ClNO2/c1-3-4-9-18-13-8-6-5-7-12(13)11-16(2)14(17)10-15/h5-8H,3-4,9-11H2,1-2H3. The van der Waals surface area contributed by atoms with Gasteiger partial charge in [0.25, 0.3) is 0 Å². The molecule has 0 unspecified atom stereocenters. The average molecular weight is 270 g/mol. The van der Waals surface area contributed by atoms with Crippen molar-refractivity contribution in [1.82, 2.24) is 4.90 Å². The van der Waals surface area contributed by atoms with Gasteiger partial charge in [0.1, 0.15) is 11.6 Å². The van der Waals surface area contributed by atoms with Gasteiger partial charge in [-0.05, 0) is 12.5 Å². The third kappa shape index (κ3) is 4.57. The van der Waals surface area contributed by atoms with Crippen molar-refractivity contribution >= 4 is 17.5 Å². The Morgan fingerprint density at radius 1 is 1.39 bits per heavy atom. The number of benzene rings is 1. The van der Waals surface area contributed by atoms with E-state index in [9.17, 15) is 4.79 Å². The number of unbranched alkanes of at least 4 members (excludes halogenated alkanes) is 1. The van der Waals surface area contributed by atoms with Gasteiger partial charge < -0.3 is 9.64 Å². The molecule has 0 aliphatic heterocycles. The van der Waals surface area contributed by atoms with Crippen molar-refractivity contribution in [3.05, 3.63) is 29.8 Å². The first-order chi connectivity index (χ1) is 8.69. The number of nitrogens with zero attached hydrogens (tertiary/aromatic N) is 1. The zero-order valence-electron chi connectivity index (χ0n) is 11.0. The molecule has 0 saturated carbocycles. The Morgan fingerprint density at radius 2 is 2.11 bits per heavy atom. The molecule has 1 rings (SSSR count). The summed E-state index contributed by atoms with van der Waals surface area (Å²) in [6.45, 7) is 3.36. The lowest BCUT2D eigenvalue weighted by atomic mass is 10.2. The molecule has 100 valence electrons. The average Bonchev–Trinajstić information content (AvgIpc) is 2.40. The fourth-order valence-electron chi connectivity index (χ4n) is 1.55. The van der Waals surface area contributed by atoms with Crippen molar-refractivity contribution < 1.29 is 9.53 Å². The minimum absolute atomic E-state index is 0.00928. The maximum Gasteiger partial charge on any atom is 0.237 e. The Kier molecular flexibility index (Phi) is 6.58. The highest BCUT2D eigenvalue weighted by atomic mass is 35.5. The van der Waals surface area contributed by atoms with Crippen LogP contribution in [0.25, 0.3) is 0 Å². The summed E-state index contributed by atoms with van der Waals surface area (Å²) in [6.07, 6.45) is 2.14. The summed E-state index contributed by atoms with van der Waals surface area (Å²) in [5, 5.41) is 0. The summed E-state index contributed by atoms with van der Waals surface area (Å²) in [5.74, 6) is 0.773. The fourth-order valence-corrected chi connectivity index (χ4v) is 1.75. The normalized spacial score (nSPS) is 10.2. The second-order valence-electron chi connectivity index (χ2n) is 4.19. The SMILES string of the molecule is CCCCOc1ccccc1CN(C)C(=O)CCl. The highest BCUT2D eigenvalue weighted by Gasteiger charge is 2.10. The van der Waals surface area contributed by atoms with Crippen LogP contribution in [0.1, 0.15) is 25.3 Å². The molecular weight excluding hydrogens is 250 g/mol. The van der Waals surface area contributed by atoms with Crippen molar-refractivity contribution in [2.75, 3.05) is 19.5 Å². The van der Waals surface area contributed by atoms with E-state index < -0.39 is 0 Å². The van der Waals surface area contributed by atoms with Crippen LogP contribution >= 0.6 is 11.6 Å². The summed E-state index contributed by atoms with van der Waals surface area (Å²) in [4.78, 5) is 13.0. The number of hydrogen-bond donors (Lipinski definition) is 0. The molecule has 0 atom stereocenters. The largest absolute Gasteiger partial charge is 0.493 e. The molecule has 18 heavy (non-hydrogen) atoms. The number of alkyl halides is 1. The van der Waals surface area contributed by atoms with E-state index in [1.165, 1.54) is 0 Å². The van der Waals surface area contributed by atoms with Crippen LogP contribution in [0.4, 0.5) is 0 Å². The van der Waals surface area contributed by atoms with Gasteiger partial charge in [-0.15, -0.1) is 11.6 Å². The van der Waals surface area contributed by atoms with Crippen molar-refractivity contribution in [2.45, 2.75) is 26.3 Å². The molecule has 0 spiro atoms. The first kappa shape index (κ1) is 14.8. The lowest BCUT2D eigenvalue weighted by Crippen LogP contribution is -2.27. The van der Waals surface area contributed by atoms with Crippen LogP contribution in [0.15, 0.2) is 24.3 Å². The van der Waals surface area contributed by atoms with Crippen LogP contribution in [0.2, 0.25) is 0 Å². The number of carbonyl (C=O) groups is 1. The van der Waals surface area contributed by atoms with E-state index in [0.717, 1.165) is 24.2 Å². The predicted molar refractivity (Wildman–Crippen MR) is 74.0 cm³/mol. The summed E-state index contributed by atoms with van der Waals surface area (Å²) in [6, 6.07) is 7.79. The predicted octanol–water partition coefficient (Wildman–Crippen LogP) is 3.06. The molecule has 1 aromatic rings. The Bertz CT molecular complexity index is 382. The third-order valence-electron chi connectivity index (χ3n) is 2.68. The van der Waals surface area contributed by atoms with Gasteiger partial charge in [-0.1, -0.05) is 31.5 Å². The summed E-state index contributed by atoms with van der Waals surface area (Å²) in [5.41, 5.74) is 1.01. The number of rotatable bonds is 7. The molecule has 0 bridgehead atoms. The lowest BCUT2D eigenvalue weighted by molar-refractivity contribution is -0.127. The molecule has 0 radical (unpaired) electrons. The topological polar surface area (TPSA) is 29.5 Å². The van der Waals surface area contributed by atoms with Crippen LogP contribution in [-0.4, -0.2) is 30.3 Å². The highest BCUT2D eigenvalue weighted by molar-refractivity contribution is 6.27. The molecule has 0 heterocycles. The van der Waals surface area contributed by atoms with Crippen LogP contribution in [0.5, 0.6) is 5.75 Å². The first-order valence-electron chi connectivity index (χ1n) is 6.19. The quantitative estimate of drug-likeness (QED) is 0.562. The van der Waals surface area contributed by atoms with Gasteiger partial charge in [-0.2, -0.15) is 0 Å². The van der Waals surface area contributed by atoms with Crippen molar-refractivity contribution in [3.63, 3.8) is 0 Å². The fraction of sp³-hybridized carbons (Fsp3) is 0.500. The Balaban J connectivity index is 2.66. The minimum atomic E-state index is -0.0833. The van der Waals surface area contributed by atoms with Gasteiger partial charge in [0.2, 0.25) is 5.91 Å². The Hall–Kier alpha value is -1.22. The van der Waals surface area contributed by atoms with Gasteiger partial charge in [0, 0.05) is 19.2 Å². The van der Waals surface area contributed by atoms with E-state index in [-0.39, 0.29) is 11.8 Å². The van der Waals surface area contributed by atoms with Crippen molar-refractivity contribution in [3.8, 4) is 5.75 Å². The maximum absolute atomic E-state index is 11.4. The van der Waals surface area contributed by atoms with E-state index in [2.05, 4.69) is 6.92 Å². The minimum Gasteiger partial charge on any atom is -0.493 e. The number of amides is 1. The van der Waals surface area contributed by atoms with E-state index in [1.807, 2.05) is 24.3 Å². The van der Waals surface area contributed by atoms with Gasteiger partial charge in [-0.25, -0.2) is 0 Å². The van der Waals surface area contributed by atoms with Gasteiger partial charge in [0.15, 0.2) is 0 Å². The molecule has 3 nitrogen and oxygen atoms in total. The van der Waals surface area contributed by atoms with E-state index in [4.69, 9.17) is 16.3 Å². The van der Waals surface area contributed by atoms with Crippen LogP contribution < -0.4 is 4.74 Å². The second-order valence-corrected chi connectivity index (χ2v) is 4.46. The van der Waals surface area contributed by atoms with E-state index in [1.54, 1.807) is 11.9 Å². The van der Waals surface area contributed by atoms with Crippen molar-refractivity contribution in [2.24, 2.45) is 0 Å². The summed E-state index contributed by atoms with van der Waals surface area (Å²) >= 11 is 5.53. The third-order valence-corrected chi connectivity index (χ3v) is 2.90. The smallest absolute Gasteiger partial charge is 0.237 e. The molecule has 0 fully saturated rings. The molecule has 0 aromatic heterocycles. The summed E-state index contributed by atoms with van der Waals surface area (Å²) in [7, 11) is 1.74. The Morgan fingerprint density at radius 3 is 2.78 bits per heavy atom. The molecule has 0 aliphatic carbocycles. The second kappa shape index (κ2) is 7.98. The number of hydrogen-bond acceptors (Lipinski definition) is 2. The summed E-state index contributed by atoms with van der Waals surface area (Å²) < 4.78 is 5.72. The molecule has 0 N–H and O–H groups in total. The highest BCUT2D eigenvalue weighted by Crippen LogP contribution is 2.19. The zero-order chi connectivity index (χ0) is 13.4. The number of carbonyl (C=O) groups excluding carboxylic acids is 1. The van der Waals surface area contributed by atoms with Crippen molar-refractivity contribution in [1.29, 1.82) is 0 Å². The van der Waals surface area contributed by atoms with Gasteiger partial charge >= 0.3 is 0 Å². The first-order valence-corrected chi connectivity index (χ1v) is 6.73. The number of ether oxygens (including phenoxy) is 1. The maximum atomic E-state index is 11.4. The Labute approximate surface area is 114 Å². The molecular formula is C14H20ClNO2. The molecule has 4 heteroatoms. The van der Waals surface area contributed by atoms with Gasteiger partial charge in [-0.3, -0.25) is 4.79 Å². The molecule has 0 aliphatic rings. The number of halogens is 1. The lowest BCUT2D eigenvalue weighted by Gasteiger charge is -2.18. The molecule has 1 aromatic carbocycles. The van der Waals surface area contributed by atoms with Gasteiger partial charge in [0.05, 0.1) is 6.61 Å². The number of para-hydroxylation sites is 1. The van der Waals surface area contributed by atoms with Crippen LogP contribution in [-0.2, 0) is 11.3 Å². The zero-order valence-corrected chi connectivity index (χ0v) is 11.7. The van der Waals surface area contributed by atoms with E-state index >= 15 is 0 Å². The molecule has 0 saturated heterocycles. The molecule has 1 amide bonds. The van der Waals surface area contributed by atoms with E-state index in [0.29, 0.717) is 13.2 Å².